The van der Waals surface area contributed by atoms with E-state index < -0.39 is 0 Å². The van der Waals surface area contributed by atoms with Gasteiger partial charge in [-0.2, -0.15) is 0 Å². The molecule has 2 heterocycles. The lowest BCUT2D eigenvalue weighted by atomic mass is 9.80. The third-order valence-electron chi connectivity index (χ3n) is 5.80. The number of carbonyl (C=O) groups is 1. The summed E-state index contributed by atoms with van der Waals surface area (Å²) in [5.41, 5.74) is 1.55. The van der Waals surface area contributed by atoms with Crippen LogP contribution in [0.4, 0.5) is 0 Å². The van der Waals surface area contributed by atoms with E-state index in [1.54, 1.807) is 19.0 Å². The average molecular weight is 500 g/mol. The number of carbonyl (C=O) groups excluding carboxylic acids is 1. The Labute approximate surface area is 185 Å². The van der Waals surface area contributed by atoms with Crippen LogP contribution in [0, 0.1) is 5.41 Å². The third kappa shape index (κ3) is 5.83. The number of aliphatic imine (C=N–C) groups is 1. The molecule has 0 aliphatic carbocycles. The Morgan fingerprint density at radius 3 is 2.57 bits per heavy atom. The number of amides is 1. The minimum Gasteiger partial charge on any atom is -0.381 e. The van der Waals surface area contributed by atoms with Crippen LogP contribution >= 0.6 is 24.0 Å². The second-order valence-electron chi connectivity index (χ2n) is 7.99. The van der Waals surface area contributed by atoms with Crippen molar-refractivity contribution >= 4 is 35.8 Å². The van der Waals surface area contributed by atoms with Gasteiger partial charge >= 0.3 is 0 Å². The average Bonchev–Trinajstić information content (AvgIpc) is 3.08. The number of hydrogen-bond donors (Lipinski definition) is 1. The summed E-state index contributed by atoms with van der Waals surface area (Å²) in [6.45, 7) is 5.98. The van der Waals surface area contributed by atoms with Crippen LogP contribution in [0.25, 0.3) is 0 Å². The van der Waals surface area contributed by atoms with E-state index in [4.69, 9.17) is 4.74 Å². The van der Waals surface area contributed by atoms with Gasteiger partial charge in [0.15, 0.2) is 5.96 Å². The van der Waals surface area contributed by atoms with Gasteiger partial charge in [0.05, 0.1) is 6.04 Å². The topological polar surface area (TPSA) is 57.2 Å². The minimum atomic E-state index is 0. The summed E-state index contributed by atoms with van der Waals surface area (Å²) in [4.78, 5) is 20.7. The maximum atomic E-state index is 12.1. The summed E-state index contributed by atoms with van der Waals surface area (Å²) in [5.74, 6) is 0.853. The van der Waals surface area contributed by atoms with E-state index in [1.807, 2.05) is 18.2 Å². The summed E-state index contributed by atoms with van der Waals surface area (Å²) in [6.07, 6.45) is 3.39. The molecule has 3 rings (SSSR count). The molecule has 2 aliphatic heterocycles. The van der Waals surface area contributed by atoms with E-state index in [9.17, 15) is 4.79 Å². The molecule has 1 unspecified atom stereocenters. The van der Waals surface area contributed by atoms with Crippen molar-refractivity contribution in [3.8, 4) is 0 Å². The van der Waals surface area contributed by atoms with Crippen molar-refractivity contribution in [2.75, 3.05) is 46.9 Å². The SMILES string of the molecule is CC(NC(=NCC(=O)N(C)C)N1CCC2(CCOCC2)C1)c1ccccc1.I. The van der Waals surface area contributed by atoms with Gasteiger partial charge in [-0.05, 0) is 37.2 Å². The van der Waals surface area contributed by atoms with Crippen molar-refractivity contribution in [3.63, 3.8) is 0 Å². The number of benzene rings is 1. The van der Waals surface area contributed by atoms with Gasteiger partial charge in [0, 0.05) is 40.4 Å². The number of rotatable bonds is 4. The van der Waals surface area contributed by atoms with Crippen LogP contribution in [0.2, 0.25) is 0 Å². The largest absolute Gasteiger partial charge is 0.381 e. The van der Waals surface area contributed by atoms with E-state index in [2.05, 4.69) is 34.3 Å². The molecular weight excluding hydrogens is 467 g/mol. The Balaban J connectivity index is 0.00000280. The Bertz CT molecular complexity index is 660. The lowest BCUT2D eigenvalue weighted by Crippen LogP contribution is -2.43. The predicted octanol–water partition coefficient (Wildman–Crippen LogP) is 2.90. The standard InChI is InChI=1S/C21H32N4O2.HI/c1-17(18-7-5-4-6-8-18)23-20(22-15-19(26)24(2)3)25-12-9-21(16-25)10-13-27-14-11-21;/h4-8,17H,9-16H2,1-3H3,(H,22,23);1H. The zero-order valence-electron chi connectivity index (χ0n) is 17.2. The Hall–Kier alpha value is -1.35. The second-order valence-corrected chi connectivity index (χ2v) is 7.99. The molecule has 1 atom stereocenters. The van der Waals surface area contributed by atoms with Gasteiger partial charge in [0.25, 0.3) is 0 Å². The molecule has 0 aromatic heterocycles. The second kappa shape index (κ2) is 10.4. The van der Waals surface area contributed by atoms with Crippen molar-refractivity contribution in [2.24, 2.45) is 10.4 Å². The van der Waals surface area contributed by atoms with Gasteiger partial charge in [-0.1, -0.05) is 30.3 Å². The smallest absolute Gasteiger partial charge is 0.243 e. The maximum absolute atomic E-state index is 12.1. The highest BCUT2D eigenvalue weighted by Gasteiger charge is 2.40. The third-order valence-corrected chi connectivity index (χ3v) is 5.80. The van der Waals surface area contributed by atoms with E-state index >= 15 is 0 Å². The number of nitrogens with zero attached hydrogens (tertiary/aromatic N) is 3. The van der Waals surface area contributed by atoms with Crippen LogP contribution in [-0.2, 0) is 9.53 Å². The summed E-state index contributed by atoms with van der Waals surface area (Å²) in [7, 11) is 3.54. The van der Waals surface area contributed by atoms with Gasteiger partial charge in [0.2, 0.25) is 5.91 Å². The molecule has 156 valence electrons. The molecule has 6 nitrogen and oxygen atoms in total. The van der Waals surface area contributed by atoms with Crippen molar-refractivity contribution in [3.05, 3.63) is 35.9 Å². The number of ether oxygens (including phenoxy) is 1. The number of halogens is 1. The van der Waals surface area contributed by atoms with Gasteiger partial charge in [-0.3, -0.25) is 4.79 Å². The van der Waals surface area contributed by atoms with Crippen molar-refractivity contribution in [1.82, 2.24) is 15.1 Å². The lowest BCUT2D eigenvalue weighted by molar-refractivity contribution is -0.127. The van der Waals surface area contributed by atoms with Crippen LogP contribution in [0.15, 0.2) is 35.3 Å². The Kier molecular flexibility index (Phi) is 8.55. The summed E-state index contributed by atoms with van der Waals surface area (Å²) in [5, 5.41) is 3.57. The lowest BCUT2D eigenvalue weighted by Gasteiger charge is -2.34. The van der Waals surface area contributed by atoms with Crippen LogP contribution in [0.3, 0.4) is 0 Å². The zero-order chi connectivity index (χ0) is 19.3. The molecule has 28 heavy (non-hydrogen) atoms. The van der Waals surface area contributed by atoms with Crippen LogP contribution < -0.4 is 5.32 Å². The molecule has 1 spiro atoms. The molecule has 1 aromatic carbocycles. The van der Waals surface area contributed by atoms with E-state index in [0.717, 1.165) is 45.1 Å². The Morgan fingerprint density at radius 2 is 1.93 bits per heavy atom. The number of hydrogen-bond acceptors (Lipinski definition) is 3. The van der Waals surface area contributed by atoms with Gasteiger partial charge in [-0.25, -0.2) is 4.99 Å². The summed E-state index contributed by atoms with van der Waals surface area (Å²) < 4.78 is 5.57. The van der Waals surface area contributed by atoms with Crippen molar-refractivity contribution in [2.45, 2.75) is 32.2 Å². The van der Waals surface area contributed by atoms with Gasteiger partial charge in [0.1, 0.15) is 6.54 Å². The van der Waals surface area contributed by atoms with Gasteiger partial charge in [-0.15, -0.1) is 24.0 Å². The van der Waals surface area contributed by atoms with Crippen molar-refractivity contribution < 1.29 is 9.53 Å². The van der Waals surface area contributed by atoms with E-state index in [0.29, 0.717) is 5.41 Å². The van der Waals surface area contributed by atoms with E-state index in [-0.39, 0.29) is 42.5 Å². The fourth-order valence-electron chi connectivity index (χ4n) is 3.87. The van der Waals surface area contributed by atoms with Crippen molar-refractivity contribution in [1.29, 1.82) is 0 Å². The van der Waals surface area contributed by atoms with Gasteiger partial charge < -0.3 is 19.9 Å². The highest BCUT2D eigenvalue weighted by atomic mass is 127. The molecule has 0 saturated carbocycles. The normalized spacial score (nSPS) is 19.8. The highest BCUT2D eigenvalue weighted by Crippen LogP contribution is 2.39. The first-order valence-corrected chi connectivity index (χ1v) is 9.88. The number of nitrogens with one attached hydrogen (secondary N) is 1. The number of guanidine groups is 1. The molecule has 0 bridgehead atoms. The molecule has 2 fully saturated rings. The monoisotopic (exact) mass is 500 g/mol. The molecule has 2 aliphatic rings. The van der Waals surface area contributed by atoms with Crippen LogP contribution in [0.1, 0.15) is 37.8 Å². The van der Waals surface area contributed by atoms with Crippen LogP contribution in [0.5, 0.6) is 0 Å². The molecular formula is C21H33IN4O2. The molecule has 1 N–H and O–H groups in total. The minimum absolute atomic E-state index is 0. The summed E-state index contributed by atoms with van der Waals surface area (Å²) in [6, 6.07) is 10.5. The quantitative estimate of drug-likeness (QED) is 0.393. The first kappa shape index (κ1) is 22.9. The maximum Gasteiger partial charge on any atom is 0.243 e. The van der Waals surface area contributed by atoms with Crippen LogP contribution in [-0.4, -0.2) is 68.6 Å². The number of likely N-dealkylation sites (N-methyl/N-ethyl adjacent to an activating group) is 1. The van der Waals surface area contributed by atoms with E-state index in [1.165, 1.54) is 12.0 Å². The molecule has 1 aromatic rings. The molecule has 2 saturated heterocycles. The zero-order valence-corrected chi connectivity index (χ0v) is 19.5. The highest BCUT2D eigenvalue weighted by molar-refractivity contribution is 14.0. The fraction of sp³-hybridized carbons (Fsp3) is 0.619. The first-order chi connectivity index (χ1) is 13.0. The summed E-state index contributed by atoms with van der Waals surface area (Å²) >= 11 is 0. The Morgan fingerprint density at radius 1 is 1.25 bits per heavy atom. The molecule has 0 radical (unpaired) electrons. The predicted molar refractivity (Wildman–Crippen MR) is 123 cm³/mol. The number of likely N-dealkylation sites (tertiary alicyclic amines) is 1. The molecule has 1 amide bonds. The molecule has 7 heteroatoms. The fourth-order valence-corrected chi connectivity index (χ4v) is 3.87. The first-order valence-electron chi connectivity index (χ1n) is 9.88.